The lowest BCUT2D eigenvalue weighted by molar-refractivity contribution is -0.0733. The number of unbranched alkanes of at least 4 members (excludes halogenated alkanes) is 2. The molecule has 4 heteroatoms. The van der Waals surface area contributed by atoms with Crippen molar-refractivity contribution in [3.63, 3.8) is 0 Å². The summed E-state index contributed by atoms with van der Waals surface area (Å²) >= 11 is 0. The van der Waals surface area contributed by atoms with Crippen LogP contribution >= 0.6 is 0 Å². The van der Waals surface area contributed by atoms with Gasteiger partial charge < -0.3 is 9.47 Å². The highest BCUT2D eigenvalue weighted by Gasteiger charge is 2.36. The molecule has 1 saturated heterocycles. The van der Waals surface area contributed by atoms with Crippen LogP contribution < -0.4 is 4.74 Å². The fourth-order valence-electron chi connectivity index (χ4n) is 7.10. The Morgan fingerprint density at radius 2 is 1.50 bits per heavy atom. The van der Waals surface area contributed by atoms with E-state index in [-0.39, 0.29) is 11.7 Å². The van der Waals surface area contributed by atoms with E-state index < -0.39 is 11.6 Å². The Bertz CT molecular complexity index is 742. The quantitative estimate of drug-likeness (QED) is 0.331. The standard InChI is InChI=1S/C30H46F2O2/c1-3-5-6-7-21-8-10-24(11-9-21)27-18-16-25(20-34-27)22-12-14-23(15-13-22)26-17-19-28(33-4-2)30(32)29(26)31/h17,19,21-25,27H,3-16,18,20H2,1-2H3. The molecular weight excluding hydrogens is 430 g/mol. The predicted molar refractivity (Wildman–Crippen MR) is 134 cm³/mol. The normalized spacial score (nSPS) is 32.5. The van der Waals surface area contributed by atoms with Crippen molar-refractivity contribution in [3.8, 4) is 5.75 Å². The second-order valence-corrected chi connectivity index (χ2v) is 11.3. The monoisotopic (exact) mass is 476 g/mol. The molecule has 0 N–H and O–H groups in total. The summed E-state index contributed by atoms with van der Waals surface area (Å²) in [5.74, 6) is 1.65. The molecule has 3 aliphatic rings. The number of hydrogen-bond acceptors (Lipinski definition) is 2. The maximum Gasteiger partial charge on any atom is 0.200 e. The van der Waals surface area contributed by atoms with Gasteiger partial charge in [-0.1, -0.05) is 51.5 Å². The lowest BCUT2D eigenvalue weighted by Gasteiger charge is -2.41. The van der Waals surface area contributed by atoms with Gasteiger partial charge in [0.1, 0.15) is 0 Å². The zero-order valence-electron chi connectivity index (χ0n) is 21.5. The van der Waals surface area contributed by atoms with E-state index in [9.17, 15) is 8.78 Å². The van der Waals surface area contributed by atoms with Crippen molar-refractivity contribution in [1.82, 2.24) is 0 Å². The Morgan fingerprint density at radius 1 is 0.794 bits per heavy atom. The molecule has 34 heavy (non-hydrogen) atoms. The zero-order valence-corrected chi connectivity index (χ0v) is 21.5. The van der Waals surface area contributed by atoms with Gasteiger partial charge in [-0.15, -0.1) is 0 Å². The number of ether oxygens (including phenoxy) is 2. The third-order valence-electron chi connectivity index (χ3n) is 9.23. The predicted octanol–water partition coefficient (Wildman–Crippen LogP) is 8.82. The summed E-state index contributed by atoms with van der Waals surface area (Å²) in [5, 5.41) is 0. The van der Waals surface area contributed by atoms with Crippen LogP contribution in [0.2, 0.25) is 0 Å². The molecule has 2 aliphatic carbocycles. The van der Waals surface area contributed by atoms with Gasteiger partial charge in [0.05, 0.1) is 19.3 Å². The van der Waals surface area contributed by atoms with Gasteiger partial charge in [-0.3, -0.25) is 0 Å². The molecule has 192 valence electrons. The topological polar surface area (TPSA) is 18.5 Å². The summed E-state index contributed by atoms with van der Waals surface area (Å²) in [6.45, 7) is 5.32. The van der Waals surface area contributed by atoms with Crippen molar-refractivity contribution >= 4 is 0 Å². The van der Waals surface area contributed by atoms with Crippen LogP contribution in [0.1, 0.15) is 115 Å². The highest BCUT2D eigenvalue weighted by Crippen LogP contribution is 2.44. The summed E-state index contributed by atoms with van der Waals surface area (Å²) in [5.41, 5.74) is 0.532. The molecule has 2 saturated carbocycles. The van der Waals surface area contributed by atoms with Gasteiger partial charge in [0.2, 0.25) is 5.82 Å². The maximum atomic E-state index is 14.7. The Kier molecular flexibility index (Phi) is 9.68. The van der Waals surface area contributed by atoms with E-state index in [0.29, 0.717) is 30.1 Å². The summed E-state index contributed by atoms with van der Waals surface area (Å²) in [6, 6.07) is 3.33. The van der Waals surface area contributed by atoms with E-state index in [0.717, 1.165) is 44.1 Å². The smallest absolute Gasteiger partial charge is 0.200 e. The lowest BCUT2D eigenvalue weighted by Crippen LogP contribution is -2.37. The van der Waals surface area contributed by atoms with Crippen LogP contribution in [0.3, 0.4) is 0 Å². The first-order chi connectivity index (χ1) is 16.6. The fourth-order valence-corrected chi connectivity index (χ4v) is 7.10. The molecular formula is C30H46F2O2. The number of hydrogen-bond donors (Lipinski definition) is 0. The summed E-state index contributed by atoms with van der Waals surface area (Å²) in [7, 11) is 0. The van der Waals surface area contributed by atoms with Crippen LogP contribution in [-0.4, -0.2) is 19.3 Å². The molecule has 1 aromatic carbocycles. The fraction of sp³-hybridized carbons (Fsp3) is 0.800. The van der Waals surface area contributed by atoms with E-state index in [1.807, 2.05) is 0 Å². The molecule has 1 aromatic rings. The van der Waals surface area contributed by atoms with E-state index in [4.69, 9.17) is 9.47 Å². The molecule has 0 spiro atoms. The van der Waals surface area contributed by atoms with Crippen molar-refractivity contribution in [2.45, 2.75) is 116 Å². The van der Waals surface area contributed by atoms with Gasteiger partial charge >= 0.3 is 0 Å². The van der Waals surface area contributed by atoms with E-state index in [1.165, 1.54) is 64.2 Å². The third kappa shape index (κ3) is 6.33. The molecule has 1 heterocycles. The first kappa shape index (κ1) is 25.9. The Labute approximate surface area is 206 Å². The number of rotatable bonds is 9. The Hall–Kier alpha value is -1.16. The molecule has 2 nitrogen and oxygen atoms in total. The second kappa shape index (κ2) is 12.7. The highest BCUT2D eigenvalue weighted by molar-refractivity contribution is 5.33. The van der Waals surface area contributed by atoms with Crippen molar-refractivity contribution in [1.29, 1.82) is 0 Å². The summed E-state index contributed by atoms with van der Waals surface area (Å²) in [6.07, 6.45) is 18.2. The van der Waals surface area contributed by atoms with Gasteiger partial charge in [-0.25, -0.2) is 4.39 Å². The molecule has 2 unspecified atom stereocenters. The van der Waals surface area contributed by atoms with Gasteiger partial charge in [0.15, 0.2) is 11.6 Å². The molecule has 2 atom stereocenters. The molecule has 1 aliphatic heterocycles. The van der Waals surface area contributed by atoms with E-state index in [1.54, 1.807) is 19.1 Å². The van der Waals surface area contributed by atoms with E-state index >= 15 is 0 Å². The first-order valence-corrected chi connectivity index (χ1v) is 14.3. The summed E-state index contributed by atoms with van der Waals surface area (Å²) < 4.78 is 40.7. The molecule has 0 amide bonds. The van der Waals surface area contributed by atoms with Gasteiger partial charge in [0.25, 0.3) is 0 Å². The summed E-state index contributed by atoms with van der Waals surface area (Å²) in [4.78, 5) is 0. The average molecular weight is 477 g/mol. The highest BCUT2D eigenvalue weighted by atomic mass is 19.2. The van der Waals surface area contributed by atoms with Crippen molar-refractivity contribution in [2.75, 3.05) is 13.2 Å². The maximum absolute atomic E-state index is 14.7. The second-order valence-electron chi connectivity index (χ2n) is 11.3. The minimum Gasteiger partial charge on any atom is -0.491 e. The molecule has 0 radical (unpaired) electrons. The van der Waals surface area contributed by atoms with Crippen LogP contribution in [0.15, 0.2) is 12.1 Å². The van der Waals surface area contributed by atoms with Crippen LogP contribution in [0.4, 0.5) is 8.78 Å². The van der Waals surface area contributed by atoms with Crippen molar-refractivity contribution < 1.29 is 18.3 Å². The van der Waals surface area contributed by atoms with Crippen LogP contribution in [0.5, 0.6) is 5.75 Å². The minimum atomic E-state index is -0.830. The lowest BCUT2D eigenvalue weighted by atomic mass is 9.71. The van der Waals surface area contributed by atoms with Crippen molar-refractivity contribution in [3.05, 3.63) is 29.3 Å². The van der Waals surface area contributed by atoms with E-state index in [2.05, 4.69) is 6.92 Å². The molecule has 0 bridgehead atoms. The Balaban J connectivity index is 1.19. The molecule has 0 aromatic heterocycles. The molecule has 4 rings (SSSR count). The Morgan fingerprint density at radius 3 is 2.15 bits per heavy atom. The first-order valence-electron chi connectivity index (χ1n) is 14.3. The average Bonchev–Trinajstić information content (AvgIpc) is 2.88. The number of halogens is 2. The van der Waals surface area contributed by atoms with Crippen LogP contribution in [-0.2, 0) is 4.74 Å². The van der Waals surface area contributed by atoms with Crippen molar-refractivity contribution in [2.24, 2.45) is 23.7 Å². The van der Waals surface area contributed by atoms with Crippen LogP contribution in [0, 0.1) is 35.3 Å². The largest absolute Gasteiger partial charge is 0.491 e. The SMILES string of the molecule is CCCCCC1CCC(C2CCC(C3CCC(c4ccc(OCC)c(F)c4F)CC3)CO2)CC1. The number of benzene rings is 1. The van der Waals surface area contributed by atoms with Gasteiger partial charge in [-0.05, 0) is 99.5 Å². The van der Waals surface area contributed by atoms with Gasteiger partial charge in [0, 0.05) is 0 Å². The molecule has 3 fully saturated rings. The third-order valence-corrected chi connectivity index (χ3v) is 9.23. The van der Waals surface area contributed by atoms with Gasteiger partial charge in [-0.2, -0.15) is 4.39 Å². The van der Waals surface area contributed by atoms with Crippen LogP contribution in [0.25, 0.3) is 0 Å². The minimum absolute atomic E-state index is 0.0244. The zero-order chi connectivity index (χ0) is 23.9.